The first-order chi connectivity index (χ1) is 13.8. The van der Waals surface area contributed by atoms with Gasteiger partial charge < -0.3 is 0 Å². The molecule has 0 aliphatic heterocycles. The first-order valence-electron chi connectivity index (χ1n) is 8.57. The minimum absolute atomic E-state index is 0.228. The van der Waals surface area contributed by atoms with E-state index in [1.54, 1.807) is 17.0 Å². The summed E-state index contributed by atoms with van der Waals surface area (Å²) in [6.07, 6.45) is 7.34. The van der Waals surface area contributed by atoms with Crippen LogP contribution in [0.2, 0.25) is 0 Å². The minimum Gasteiger partial charge on any atom is -0.298 e. The number of rotatable bonds is 6. The third kappa shape index (κ3) is 4.54. The van der Waals surface area contributed by atoms with Crippen LogP contribution >= 0.6 is 11.3 Å². The number of thiazole rings is 1. The van der Waals surface area contributed by atoms with Crippen LogP contribution in [0.3, 0.4) is 0 Å². The zero-order valence-electron chi connectivity index (χ0n) is 14.8. The summed E-state index contributed by atoms with van der Waals surface area (Å²) in [5.74, 6) is -0.228. The van der Waals surface area contributed by atoms with Gasteiger partial charge in [0, 0.05) is 23.6 Å². The predicted molar refractivity (Wildman–Crippen MR) is 108 cm³/mol. The molecule has 0 saturated carbocycles. The van der Waals surface area contributed by atoms with Crippen molar-refractivity contribution in [2.75, 3.05) is 5.32 Å². The van der Waals surface area contributed by atoms with Crippen LogP contribution in [0.4, 0.5) is 5.13 Å². The summed E-state index contributed by atoms with van der Waals surface area (Å²) in [6, 6.07) is 17.7. The van der Waals surface area contributed by atoms with Crippen molar-refractivity contribution >= 4 is 28.5 Å². The second-order valence-electron chi connectivity index (χ2n) is 5.97. The van der Waals surface area contributed by atoms with Crippen LogP contribution in [-0.2, 0) is 11.2 Å². The molecule has 8 heteroatoms. The van der Waals surface area contributed by atoms with E-state index >= 15 is 0 Å². The third-order valence-corrected chi connectivity index (χ3v) is 4.83. The molecule has 2 heterocycles. The lowest BCUT2D eigenvalue weighted by molar-refractivity contribution is -0.111. The SMILES string of the molecule is O=C(/C=C/c1cccc(-n2cnnn2)c1)Nc1ncc(Cc2ccccc2)s1. The number of benzene rings is 2. The maximum Gasteiger partial charge on any atom is 0.250 e. The first kappa shape index (κ1) is 17.7. The van der Waals surface area contributed by atoms with Gasteiger partial charge in [-0.05, 0) is 39.8 Å². The molecule has 0 atom stereocenters. The Balaban J connectivity index is 1.38. The number of amides is 1. The summed E-state index contributed by atoms with van der Waals surface area (Å²) in [6.45, 7) is 0. The van der Waals surface area contributed by atoms with Gasteiger partial charge in [0.05, 0.1) is 5.69 Å². The summed E-state index contributed by atoms with van der Waals surface area (Å²) >= 11 is 1.48. The van der Waals surface area contributed by atoms with Gasteiger partial charge in [0.25, 0.3) is 0 Å². The minimum atomic E-state index is -0.228. The Morgan fingerprint density at radius 2 is 2.04 bits per heavy atom. The van der Waals surface area contributed by atoms with Crippen molar-refractivity contribution < 1.29 is 4.79 Å². The van der Waals surface area contributed by atoms with Crippen molar-refractivity contribution in [3.8, 4) is 5.69 Å². The zero-order valence-corrected chi connectivity index (χ0v) is 15.6. The number of anilines is 1. The number of carbonyl (C=O) groups excluding carboxylic acids is 1. The number of nitrogens with zero attached hydrogens (tertiary/aromatic N) is 5. The van der Waals surface area contributed by atoms with Gasteiger partial charge in [-0.3, -0.25) is 10.1 Å². The van der Waals surface area contributed by atoms with Gasteiger partial charge in [-0.25, -0.2) is 9.67 Å². The molecule has 2 aromatic carbocycles. The van der Waals surface area contributed by atoms with E-state index in [1.165, 1.54) is 29.3 Å². The predicted octanol–water partition coefficient (Wildman–Crippen LogP) is 3.36. The smallest absolute Gasteiger partial charge is 0.250 e. The van der Waals surface area contributed by atoms with Crippen LogP contribution in [-0.4, -0.2) is 31.1 Å². The van der Waals surface area contributed by atoms with Gasteiger partial charge in [0.1, 0.15) is 6.33 Å². The molecule has 0 aliphatic rings. The fraction of sp³-hybridized carbons (Fsp3) is 0.0500. The normalized spacial score (nSPS) is 11.0. The van der Waals surface area contributed by atoms with E-state index in [-0.39, 0.29) is 5.91 Å². The average Bonchev–Trinajstić information content (AvgIpc) is 3.40. The first-order valence-corrected chi connectivity index (χ1v) is 9.39. The monoisotopic (exact) mass is 388 g/mol. The van der Waals surface area contributed by atoms with E-state index in [9.17, 15) is 4.79 Å². The molecule has 7 nitrogen and oxygen atoms in total. The highest BCUT2D eigenvalue weighted by Crippen LogP contribution is 2.21. The molecule has 0 fully saturated rings. The molecule has 0 radical (unpaired) electrons. The van der Waals surface area contributed by atoms with Gasteiger partial charge in [0.15, 0.2) is 5.13 Å². The molecule has 4 aromatic rings. The fourth-order valence-corrected chi connectivity index (χ4v) is 3.46. The molecule has 0 spiro atoms. The van der Waals surface area contributed by atoms with Crippen LogP contribution in [0, 0.1) is 0 Å². The van der Waals surface area contributed by atoms with Crippen molar-refractivity contribution in [2.24, 2.45) is 0 Å². The highest BCUT2D eigenvalue weighted by Gasteiger charge is 2.05. The van der Waals surface area contributed by atoms with Crippen molar-refractivity contribution in [1.82, 2.24) is 25.2 Å². The molecule has 138 valence electrons. The van der Waals surface area contributed by atoms with Gasteiger partial charge in [-0.15, -0.1) is 16.4 Å². The summed E-state index contributed by atoms with van der Waals surface area (Å²) in [7, 11) is 0. The lowest BCUT2D eigenvalue weighted by atomic mass is 10.1. The maximum absolute atomic E-state index is 12.2. The van der Waals surface area contributed by atoms with Crippen LogP contribution in [0.25, 0.3) is 11.8 Å². The van der Waals surface area contributed by atoms with E-state index < -0.39 is 0 Å². The number of hydrogen-bond acceptors (Lipinski definition) is 6. The fourth-order valence-electron chi connectivity index (χ4n) is 2.61. The molecule has 0 saturated heterocycles. The van der Waals surface area contributed by atoms with Crippen LogP contribution in [0.1, 0.15) is 16.0 Å². The van der Waals surface area contributed by atoms with Crippen molar-refractivity contribution in [3.05, 3.63) is 89.2 Å². The molecular weight excluding hydrogens is 372 g/mol. The van der Waals surface area contributed by atoms with Crippen LogP contribution in [0.5, 0.6) is 0 Å². The second-order valence-corrected chi connectivity index (χ2v) is 7.08. The van der Waals surface area contributed by atoms with E-state index in [2.05, 4.69) is 38.0 Å². The van der Waals surface area contributed by atoms with Crippen molar-refractivity contribution in [3.63, 3.8) is 0 Å². The lowest BCUT2D eigenvalue weighted by Crippen LogP contribution is -2.07. The molecule has 1 amide bonds. The van der Waals surface area contributed by atoms with Gasteiger partial charge in [0.2, 0.25) is 5.91 Å². The van der Waals surface area contributed by atoms with Crippen LogP contribution < -0.4 is 5.32 Å². The Morgan fingerprint density at radius 3 is 2.86 bits per heavy atom. The molecule has 0 unspecified atom stereocenters. The summed E-state index contributed by atoms with van der Waals surface area (Å²) in [5, 5.41) is 14.5. The Labute approximate surface area is 165 Å². The highest BCUT2D eigenvalue weighted by atomic mass is 32.1. The average molecular weight is 388 g/mol. The summed E-state index contributed by atoms with van der Waals surface area (Å²) in [4.78, 5) is 17.6. The van der Waals surface area contributed by atoms with Crippen molar-refractivity contribution in [1.29, 1.82) is 0 Å². The van der Waals surface area contributed by atoms with E-state index in [4.69, 9.17) is 0 Å². The topological polar surface area (TPSA) is 85.6 Å². The summed E-state index contributed by atoms with van der Waals surface area (Å²) < 4.78 is 1.56. The molecule has 0 bridgehead atoms. The maximum atomic E-state index is 12.2. The summed E-state index contributed by atoms with van der Waals surface area (Å²) in [5.41, 5.74) is 2.90. The molecule has 2 aromatic heterocycles. The molecule has 1 N–H and O–H groups in total. The molecule has 28 heavy (non-hydrogen) atoms. The Bertz CT molecular complexity index is 1090. The zero-order chi connectivity index (χ0) is 19.2. The second kappa shape index (κ2) is 8.36. The van der Waals surface area contributed by atoms with Gasteiger partial charge in [-0.1, -0.05) is 42.5 Å². The van der Waals surface area contributed by atoms with Gasteiger partial charge in [-0.2, -0.15) is 0 Å². The lowest BCUT2D eigenvalue weighted by Gasteiger charge is -2.00. The quantitative estimate of drug-likeness (QED) is 0.512. The molecule has 0 aliphatic carbocycles. The van der Waals surface area contributed by atoms with E-state index in [1.807, 2.05) is 42.5 Å². The number of tetrazole rings is 1. The van der Waals surface area contributed by atoms with Crippen molar-refractivity contribution in [2.45, 2.75) is 6.42 Å². The number of carbonyl (C=O) groups is 1. The number of hydrogen-bond donors (Lipinski definition) is 1. The Morgan fingerprint density at radius 1 is 1.14 bits per heavy atom. The van der Waals surface area contributed by atoms with E-state index in [0.717, 1.165) is 22.5 Å². The van der Waals surface area contributed by atoms with Gasteiger partial charge >= 0.3 is 0 Å². The largest absolute Gasteiger partial charge is 0.298 e. The number of aromatic nitrogens is 5. The third-order valence-electron chi connectivity index (χ3n) is 3.92. The molecular formula is C20H16N6OS. The van der Waals surface area contributed by atoms with Crippen LogP contribution in [0.15, 0.2) is 73.2 Å². The molecule has 4 rings (SSSR count). The Hall–Kier alpha value is -3.65. The number of nitrogens with one attached hydrogen (secondary N) is 1. The highest BCUT2D eigenvalue weighted by molar-refractivity contribution is 7.15. The van der Waals surface area contributed by atoms with E-state index in [0.29, 0.717) is 5.13 Å². The Kier molecular flexibility index (Phi) is 5.30. The standard InChI is InChI=1S/C20H16N6OS/c27-19(10-9-16-7-4-8-17(11-16)26-14-22-24-25-26)23-20-21-13-18(28-20)12-15-5-2-1-3-6-15/h1-11,13-14H,12H2,(H,21,23,27)/b10-9+.